The van der Waals surface area contributed by atoms with Gasteiger partial charge < -0.3 is 10.6 Å². The fourth-order valence-electron chi connectivity index (χ4n) is 6.46. The van der Waals surface area contributed by atoms with Gasteiger partial charge in [0.1, 0.15) is 0 Å². The lowest BCUT2D eigenvalue weighted by molar-refractivity contribution is -0.131. The van der Waals surface area contributed by atoms with E-state index >= 15 is 0 Å². The highest BCUT2D eigenvalue weighted by Crippen LogP contribution is 2.39. The van der Waals surface area contributed by atoms with Gasteiger partial charge in [-0.3, -0.25) is 9.59 Å². The molecule has 4 heteroatoms. The van der Waals surface area contributed by atoms with Crippen molar-refractivity contribution in [3.63, 3.8) is 0 Å². The van der Waals surface area contributed by atoms with E-state index in [-0.39, 0.29) is 23.7 Å². The summed E-state index contributed by atoms with van der Waals surface area (Å²) in [7, 11) is 0. The number of carbonyl (C=O) groups is 2. The summed E-state index contributed by atoms with van der Waals surface area (Å²) in [4.78, 5) is 25.7. The molecule has 0 heterocycles. The Morgan fingerprint density at radius 2 is 0.781 bits per heavy atom. The third-order valence-corrected chi connectivity index (χ3v) is 9.07. The summed E-state index contributed by atoms with van der Waals surface area (Å²) < 4.78 is 0. The highest BCUT2D eigenvalue weighted by Gasteiger charge is 2.35. The summed E-state index contributed by atoms with van der Waals surface area (Å²) in [5.41, 5.74) is 0.750. The molecule has 0 aromatic rings. The second-order valence-electron chi connectivity index (χ2n) is 13.4. The topological polar surface area (TPSA) is 58.2 Å². The zero-order chi connectivity index (χ0) is 23.5. The normalized spacial score (nSPS) is 34.6. The molecule has 0 spiro atoms. The SMILES string of the molecule is CC(C)(C)C1CCC(NC(=O)C2CCC(C(=O)NC3CCC(C(C)(C)C)CC3)CC2)CC1. The molecule has 0 bridgehead atoms. The van der Waals surface area contributed by atoms with Crippen LogP contribution in [0.4, 0.5) is 0 Å². The first-order chi connectivity index (χ1) is 14.9. The Bertz CT molecular complexity index is 565. The number of amides is 2. The van der Waals surface area contributed by atoms with Gasteiger partial charge in [-0.05, 0) is 99.7 Å². The molecular formula is C28H50N2O2. The average molecular weight is 447 g/mol. The Morgan fingerprint density at radius 1 is 0.500 bits per heavy atom. The van der Waals surface area contributed by atoms with Crippen molar-refractivity contribution in [2.45, 2.75) is 131 Å². The van der Waals surface area contributed by atoms with E-state index in [1.807, 2.05) is 0 Å². The summed E-state index contributed by atoms with van der Waals surface area (Å²) >= 11 is 0. The molecule has 3 aliphatic rings. The maximum absolute atomic E-state index is 12.8. The number of rotatable bonds is 4. The van der Waals surface area contributed by atoms with E-state index in [0.717, 1.165) is 63.2 Å². The predicted octanol–water partition coefficient (Wildman–Crippen LogP) is 6.24. The predicted molar refractivity (Wildman–Crippen MR) is 132 cm³/mol. The molecule has 0 aromatic heterocycles. The van der Waals surface area contributed by atoms with Crippen molar-refractivity contribution >= 4 is 11.8 Å². The van der Waals surface area contributed by atoms with Crippen LogP contribution in [0.25, 0.3) is 0 Å². The van der Waals surface area contributed by atoms with E-state index in [2.05, 4.69) is 52.2 Å². The van der Waals surface area contributed by atoms with Gasteiger partial charge >= 0.3 is 0 Å². The molecule has 0 atom stereocenters. The van der Waals surface area contributed by atoms with Crippen LogP contribution in [-0.4, -0.2) is 23.9 Å². The van der Waals surface area contributed by atoms with Crippen LogP contribution in [0.3, 0.4) is 0 Å². The highest BCUT2D eigenvalue weighted by molar-refractivity contribution is 5.81. The van der Waals surface area contributed by atoms with Gasteiger partial charge in [-0.15, -0.1) is 0 Å². The van der Waals surface area contributed by atoms with Gasteiger partial charge in [-0.2, -0.15) is 0 Å². The van der Waals surface area contributed by atoms with Gasteiger partial charge in [0.2, 0.25) is 11.8 Å². The Balaban J connectivity index is 1.35. The van der Waals surface area contributed by atoms with Crippen LogP contribution in [0.1, 0.15) is 119 Å². The molecule has 32 heavy (non-hydrogen) atoms. The van der Waals surface area contributed by atoms with Crippen LogP contribution < -0.4 is 10.6 Å². The van der Waals surface area contributed by atoms with Gasteiger partial charge in [-0.25, -0.2) is 0 Å². The van der Waals surface area contributed by atoms with E-state index < -0.39 is 0 Å². The lowest BCUT2D eigenvalue weighted by Crippen LogP contribution is -2.45. The first-order valence-corrected chi connectivity index (χ1v) is 13.5. The maximum Gasteiger partial charge on any atom is 0.223 e. The minimum Gasteiger partial charge on any atom is -0.353 e. The van der Waals surface area contributed by atoms with Gasteiger partial charge in [0, 0.05) is 23.9 Å². The third kappa shape index (κ3) is 6.97. The van der Waals surface area contributed by atoms with Crippen molar-refractivity contribution in [1.82, 2.24) is 10.6 Å². The largest absolute Gasteiger partial charge is 0.353 e. The quantitative estimate of drug-likeness (QED) is 0.537. The monoisotopic (exact) mass is 446 g/mol. The smallest absolute Gasteiger partial charge is 0.223 e. The molecule has 3 fully saturated rings. The zero-order valence-corrected chi connectivity index (χ0v) is 21.8. The molecule has 184 valence electrons. The minimum atomic E-state index is 0.0987. The molecule has 2 N–H and O–H groups in total. The van der Waals surface area contributed by atoms with Crippen molar-refractivity contribution in [2.24, 2.45) is 34.5 Å². The maximum atomic E-state index is 12.8. The van der Waals surface area contributed by atoms with Gasteiger partial charge in [0.05, 0.1) is 0 Å². The molecule has 0 aliphatic heterocycles. The summed E-state index contributed by atoms with van der Waals surface area (Å²) in [5.74, 6) is 2.22. The van der Waals surface area contributed by atoms with Gasteiger partial charge in [-0.1, -0.05) is 41.5 Å². The fraction of sp³-hybridized carbons (Fsp3) is 0.929. The molecule has 0 radical (unpaired) electrons. The second-order valence-corrected chi connectivity index (χ2v) is 13.4. The van der Waals surface area contributed by atoms with Crippen LogP contribution in [0, 0.1) is 34.5 Å². The molecule has 2 amide bonds. The standard InChI is InChI=1S/C28H50N2O2/c1-27(2,3)21-11-15-23(16-12-21)29-25(31)19-7-9-20(10-8-19)26(32)30-24-17-13-22(14-18-24)28(4,5)6/h19-24H,7-18H2,1-6H3,(H,29,31)(H,30,32). The van der Waals surface area contributed by atoms with Crippen LogP contribution in [-0.2, 0) is 9.59 Å². The minimum absolute atomic E-state index is 0.0987. The molecule has 0 unspecified atom stereocenters. The molecule has 3 saturated carbocycles. The number of hydrogen-bond acceptors (Lipinski definition) is 2. The molecule has 3 rings (SSSR count). The van der Waals surface area contributed by atoms with Crippen LogP contribution in [0.5, 0.6) is 0 Å². The average Bonchev–Trinajstić information content (AvgIpc) is 2.73. The Hall–Kier alpha value is -1.06. The van der Waals surface area contributed by atoms with Crippen molar-refractivity contribution in [1.29, 1.82) is 0 Å². The number of carbonyl (C=O) groups excluding carboxylic acids is 2. The molecule has 0 saturated heterocycles. The Kier molecular flexibility index (Phi) is 8.36. The Morgan fingerprint density at radius 3 is 1.03 bits per heavy atom. The number of hydrogen-bond donors (Lipinski definition) is 2. The first kappa shape index (κ1) is 25.6. The summed E-state index contributed by atoms with van der Waals surface area (Å²) in [6.45, 7) is 14.0. The fourth-order valence-corrected chi connectivity index (χ4v) is 6.46. The van der Waals surface area contributed by atoms with Crippen LogP contribution in [0.15, 0.2) is 0 Å². The summed E-state index contributed by atoms with van der Waals surface area (Å²) in [5, 5.41) is 6.69. The molecule has 0 aromatic carbocycles. The lowest BCUT2D eigenvalue weighted by Gasteiger charge is -2.38. The van der Waals surface area contributed by atoms with E-state index in [0.29, 0.717) is 22.9 Å². The zero-order valence-electron chi connectivity index (χ0n) is 21.8. The van der Waals surface area contributed by atoms with E-state index in [1.54, 1.807) is 0 Å². The van der Waals surface area contributed by atoms with Gasteiger partial charge in [0.25, 0.3) is 0 Å². The van der Waals surface area contributed by atoms with Crippen LogP contribution >= 0.6 is 0 Å². The summed E-state index contributed by atoms with van der Waals surface area (Å²) in [6.07, 6.45) is 12.8. The van der Waals surface area contributed by atoms with Crippen molar-refractivity contribution in [3.8, 4) is 0 Å². The van der Waals surface area contributed by atoms with Crippen molar-refractivity contribution < 1.29 is 9.59 Å². The Labute approximate surface area is 197 Å². The van der Waals surface area contributed by atoms with Crippen molar-refractivity contribution in [2.75, 3.05) is 0 Å². The second kappa shape index (κ2) is 10.5. The van der Waals surface area contributed by atoms with Gasteiger partial charge in [0.15, 0.2) is 0 Å². The third-order valence-electron chi connectivity index (χ3n) is 9.07. The number of nitrogens with one attached hydrogen (secondary N) is 2. The molecular weight excluding hydrogens is 396 g/mol. The van der Waals surface area contributed by atoms with E-state index in [4.69, 9.17) is 0 Å². The van der Waals surface area contributed by atoms with E-state index in [9.17, 15) is 9.59 Å². The van der Waals surface area contributed by atoms with E-state index in [1.165, 1.54) is 25.7 Å². The highest BCUT2D eigenvalue weighted by atomic mass is 16.2. The molecule has 3 aliphatic carbocycles. The lowest BCUT2D eigenvalue weighted by atomic mass is 9.71. The summed E-state index contributed by atoms with van der Waals surface area (Å²) in [6, 6.07) is 0.704. The van der Waals surface area contributed by atoms with Crippen molar-refractivity contribution in [3.05, 3.63) is 0 Å². The molecule has 4 nitrogen and oxygen atoms in total. The van der Waals surface area contributed by atoms with Crippen LogP contribution in [0.2, 0.25) is 0 Å². The first-order valence-electron chi connectivity index (χ1n) is 13.5.